The van der Waals surface area contributed by atoms with E-state index < -0.39 is 0 Å². The SMILES string of the molecule is CCOC(=O)CCCNC(=O)c1cccn1C1CC1. The van der Waals surface area contributed by atoms with Gasteiger partial charge >= 0.3 is 5.97 Å². The van der Waals surface area contributed by atoms with Crippen molar-refractivity contribution in [2.75, 3.05) is 13.2 Å². The van der Waals surface area contributed by atoms with Gasteiger partial charge in [0.25, 0.3) is 5.91 Å². The summed E-state index contributed by atoms with van der Waals surface area (Å²) in [5.74, 6) is -0.279. The third-order valence-electron chi connectivity index (χ3n) is 3.10. The third kappa shape index (κ3) is 3.84. The Morgan fingerprint density at radius 1 is 1.47 bits per heavy atom. The molecule has 1 saturated carbocycles. The molecule has 1 amide bonds. The number of esters is 1. The van der Waals surface area contributed by atoms with Crippen molar-refractivity contribution in [2.24, 2.45) is 0 Å². The molecule has 0 atom stereocenters. The molecule has 2 rings (SSSR count). The second-order valence-electron chi connectivity index (χ2n) is 4.70. The Morgan fingerprint density at radius 3 is 2.95 bits per heavy atom. The van der Waals surface area contributed by atoms with Gasteiger partial charge < -0.3 is 14.6 Å². The highest BCUT2D eigenvalue weighted by Crippen LogP contribution is 2.35. The first-order valence-electron chi connectivity index (χ1n) is 6.83. The summed E-state index contributed by atoms with van der Waals surface area (Å²) in [6.07, 6.45) is 5.20. The lowest BCUT2D eigenvalue weighted by Crippen LogP contribution is -2.27. The minimum absolute atomic E-state index is 0.0687. The van der Waals surface area contributed by atoms with Crippen LogP contribution in [0.1, 0.15) is 49.1 Å². The quantitative estimate of drug-likeness (QED) is 0.604. The summed E-state index contributed by atoms with van der Waals surface area (Å²) in [6, 6.07) is 4.22. The average Bonchev–Trinajstić information content (AvgIpc) is 3.12. The molecule has 0 aliphatic heterocycles. The van der Waals surface area contributed by atoms with Gasteiger partial charge in [-0.15, -0.1) is 0 Å². The van der Waals surface area contributed by atoms with E-state index in [4.69, 9.17) is 4.74 Å². The number of hydrogen-bond acceptors (Lipinski definition) is 3. The molecule has 1 aliphatic carbocycles. The molecule has 1 fully saturated rings. The summed E-state index contributed by atoms with van der Waals surface area (Å²) in [4.78, 5) is 23.1. The second-order valence-corrected chi connectivity index (χ2v) is 4.70. The van der Waals surface area contributed by atoms with Gasteiger partial charge in [0.05, 0.1) is 6.61 Å². The maximum atomic E-state index is 12.0. The molecule has 0 saturated heterocycles. The number of nitrogens with zero attached hydrogens (tertiary/aromatic N) is 1. The molecule has 0 radical (unpaired) electrons. The highest BCUT2D eigenvalue weighted by molar-refractivity contribution is 5.92. The predicted octanol–water partition coefficient (Wildman–Crippen LogP) is 1.90. The van der Waals surface area contributed by atoms with Crippen LogP contribution in [0.4, 0.5) is 0 Å². The lowest BCUT2D eigenvalue weighted by atomic mass is 10.3. The lowest BCUT2D eigenvalue weighted by Gasteiger charge is -2.08. The van der Waals surface area contributed by atoms with Gasteiger partial charge in [0, 0.05) is 25.2 Å². The molecule has 1 aliphatic rings. The van der Waals surface area contributed by atoms with Gasteiger partial charge in [-0.1, -0.05) is 0 Å². The Morgan fingerprint density at radius 2 is 2.26 bits per heavy atom. The minimum atomic E-state index is -0.210. The van der Waals surface area contributed by atoms with Crippen molar-refractivity contribution in [1.82, 2.24) is 9.88 Å². The first-order valence-corrected chi connectivity index (χ1v) is 6.83. The molecule has 104 valence electrons. The number of amides is 1. The van der Waals surface area contributed by atoms with Gasteiger partial charge in [0.15, 0.2) is 0 Å². The summed E-state index contributed by atoms with van der Waals surface area (Å²) < 4.78 is 6.85. The first-order chi connectivity index (χ1) is 9.22. The van der Waals surface area contributed by atoms with Gasteiger partial charge in [0.1, 0.15) is 5.69 Å². The van der Waals surface area contributed by atoms with Crippen LogP contribution >= 0.6 is 0 Å². The van der Waals surface area contributed by atoms with Crippen LogP contribution in [0.25, 0.3) is 0 Å². The van der Waals surface area contributed by atoms with Crippen molar-refractivity contribution < 1.29 is 14.3 Å². The monoisotopic (exact) mass is 264 g/mol. The lowest BCUT2D eigenvalue weighted by molar-refractivity contribution is -0.143. The van der Waals surface area contributed by atoms with Crippen molar-refractivity contribution in [3.63, 3.8) is 0 Å². The first kappa shape index (κ1) is 13.6. The molecule has 1 N–H and O–H groups in total. The Labute approximate surface area is 112 Å². The van der Waals surface area contributed by atoms with E-state index in [1.54, 1.807) is 6.92 Å². The molecule has 0 unspecified atom stereocenters. The van der Waals surface area contributed by atoms with Crippen LogP contribution in [0.5, 0.6) is 0 Å². The predicted molar refractivity (Wildman–Crippen MR) is 70.9 cm³/mol. The number of hydrogen-bond donors (Lipinski definition) is 1. The third-order valence-corrected chi connectivity index (χ3v) is 3.10. The minimum Gasteiger partial charge on any atom is -0.466 e. The molecule has 19 heavy (non-hydrogen) atoms. The van der Waals surface area contributed by atoms with Crippen LogP contribution in [-0.2, 0) is 9.53 Å². The largest absolute Gasteiger partial charge is 0.466 e. The fourth-order valence-electron chi connectivity index (χ4n) is 2.02. The Kier molecular flexibility index (Phi) is 4.60. The summed E-state index contributed by atoms with van der Waals surface area (Å²) in [6.45, 7) is 2.68. The maximum Gasteiger partial charge on any atom is 0.305 e. The zero-order valence-electron chi connectivity index (χ0n) is 11.2. The van der Waals surface area contributed by atoms with Crippen LogP contribution in [0.15, 0.2) is 18.3 Å². The average molecular weight is 264 g/mol. The summed E-state index contributed by atoms with van der Waals surface area (Å²) >= 11 is 0. The van der Waals surface area contributed by atoms with Crippen LogP contribution in [0.3, 0.4) is 0 Å². The number of nitrogens with one attached hydrogen (secondary N) is 1. The van der Waals surface area contributed by atoms with Crippen LogP contribution in [-0.4, -0.2) is 29.6 Å². The van der Waals surface area contributed by atoms with Gasteiger partial charge in [-0.05, 0) is 38.3 Å². The number of carbonyl (C=O) groups excluding carboxylic acids is 2. The number of ether oxygens (including phenoxy) is 1. The molecule has 0 bridgehead atoms. The molecule has 1 heterocycles. The number of aromatic nitrogens is 1. The molecule has 5 heteroatoms. The fraction of sp³-hybridized carbons (Fsp3) is 0.571. The van der Waals surface area contributed by atoms with E-state index in [9.17, 15) is 9.59 Å². The molecule has 5 nitrogen and oxygen atoms in total. The van der Waals surface area contributed by atoms with Crippen molar-refractivity contribution in [3.8, 4) is 0 Å². The topological polar surface area (TPSA) is 60.3 Å². The zero-order chi connectivity index (χ0) is 13.7. The highest BCUT2D eigenvalue weighted by Gasteiger charge is 2.26. The van der Waals surface area contributed by atoms with Crippen molar-refractivity contribution >= 4 is 11.9 Å². The summed E-state index contributed by atoms with van der Waals surface area (Å²) in [5, 5.41) is 2.84. The van der Waals surface area contributed by atoms with E-state index >= 15 is 0 Å². The van der Waals surface area contributed by atoms with Gasteiger partial charge in [0.2, 0.25) is 0 Å². The normalized spacial score (nSPS) is 14.2. The number of rotatable bonds is 7. The molecule has 1 aromatic rings. The summed E-state index contributed by atoms with van der Waals surface area (Å²) in [5.41, 5.74) is 0.707. The Hall–Kier alpha value is -1.78. The van der Waals surface area contributed by atoms with Crippen LogP contribution in [0, 0.1) is 0 Å². The summed E-state index contributed by atoms with van der Waals surface area (Å²) in [7, 11) is 0. The van der Waals surface area contributed by atoms with E-state index in [0.717, 1.165) is 12.8 Å². The van der Waals surface area contributed by atoms with Crippen LogP contribution in [0.2, 0.25) is 0 Å². The van der Waals surface area contributed by atoms with E-state index in [-0.39, 0.29) is 11.9 Å². The van der Waals surface area contributed by atoms with Gasteiger partial charge in [-0.25, -0.2) is 0 Å². The molecule has 0 spiro atoms. The maximum absolute atomic E-state index is 12.0. The zero-order valence-corrected chi connectivity index (χ0v) is 11.2. The highest BCUT2D eigenvalue weighted by atomic mass is 16.5. The fourth-order valence-corrected chi connectivity index (χ4v) is 2.02. The van der Waals surface area contributed by atoms with Gasteiger partial charge in [-0.3, -0.25) is 9.59 Å². The van der Waals surface area contributed by atoms with Gasteiger partial charge in [-0.2, -0.15) is 0 Å². The second kappa shape index (κ2) is 6.41. The molecular formula is C14H20N2O3. The van der Waals surface area contributed by atoms with Crippen molar-refractivity contribution in [1.29, 1.82) is 0 Å². The number of carbonyl (C=O) groups is 2. The van der Waals surface area contributed by atoms with E-state index in [2.05, 4.69) is 5.32 Å². The Bertz CT molecular complexity index is 449. The molecule has 0 aromatic carbocycles. The molecular weight excluding hydrogens is 244 g/mol. The van der Waals surface area contributed by atoms with E-state index in [1.165, 1.54) is 0 Å². The standard InChI is InChI=1S/C14H20N2O3/c1-2-19-13(17)6-3-9-15-14(18)12-5-4-10-16(12)11-7-8-11/h4-5,10-11H,2-3,6-9H2,1H3,(H,15,18). The van der Waals surface area contributed by atoms with E-state index in [1.807, 2.05) is 22.9 Å². The van der Waals surface area contributed by atoms with Crippen LogP contribution < -0.4 is 5.32 Å². The van der Waals surface area contributed by atoms with Crippen molar-refractivity contribution in [3.05, 3.63) is 24.0 Å². The van der Waals surface area contributed by atoms with Crippen molar-refractivity contribution in [2.45, 2.75) is 38.6 Å². The Balaban J connectivity index is 1.72. The van der Waals surface area contributed by atoms with E-state index in [0.29, 0.717) is 37.7 Å². The molecule has 1 aromatic heterocycles. The smallest absolute Gasteiger partial charge is 0.305 e.